The van der Waals surface area contributed by atoms with Crippen LogP contribution < -0.4 is 10.6 Å². The molecule has 1 fully saturated rings. The van der Waals surface area contributed by atoms with E-state index < -0.39 is 0 Å². The molecule has 0 aliphatic carbocycles. The first kappa shape index (κ1) is 25.3. The summed E-state index contributed by atoms with van der Waals surface area (Å²) < 4.78 is 0. The van der Waals surface area contributed by atoms with Gasteiger partial charge in [-0.2, -0.15) is 0 Å². The third-order valence-corrected chi connectivity index (χ3v) is 6.64. The molecule has 2 amide bonds. The van der Waals surface area contributed by atoms with Crippen molar-refractivity contribution in [1.82, 2.24) is 15.1 Å². The predicted molar refractivity (Wildman–Crippen MR) is 138 cm³/mol. The number of aryl methyl sites for hydroxylation is 1. The maximum absolute atomic E-state index is 12.0. The van der Waals surface area contributed by atoms with Gasteiger partial charge in [-0.15, -0.1) is 11.8 Å². The van der Waals surface area contributed by atoms with Gasteiger partial charge in [0.25, 0.3) is 0 Å². The SMILES string of the molecule is Cc1cccc(NC(=O)CSCC(=O)NCCCCN2CCN(Cc3ccccc3)CC2)c1. The highest BCUT2D eigenvalue weighted by molar-refractivity contribution is 8.00. The van der Waals surface area contributed by atoms with E-state index in [4.69, 9.17) is 0 Å². The van der Waals surface area contributed by atoms with E-state index >= 15 is 0 Å². The largest absolute Gasteiger partial charge is 0.355 e. The number of carbonyl (C=O) groups excluding carboxylic acids is 2. The number of hydrogen-bond acceptors (Lipinski definition) is 5. The summed E-state index contributed by atoms with van der Waals surface area (Å²) in [5, 5.41) is 5.83. The fraction of sp³-hybridized carbons (Fsp3) is 0.462. The van der Waals surface area contributed by atoms with E-state index in [2.05, 4.69) is 50.8 Å². The van der Waals surface area contributed by atoms with Crippen molar-refractivity contribution >= 4 is 29.3 Å². The summed E-state index contributed by atoms with van der Waals surface area (Å²) in [4.78, 5) is 29.0. The number of piperazine rings is 1. The highest BCUT2D eigenvalue weighted by Gasteiger charge is 2.16. The summed E-state index contributed by atoms with van der Waals surface area (Å²) in [6.07, 6.45) is 2.07. The second-order valence-corrected chi connectivity index (χ2v) is 9.56. The van der Waals surface area contributed by atoms with Gasteiger partial charge in [0.2, 0.25) is 11.8 Å². The van der Waals surface area contributed by atoms with Gasteiger partial charge in [-0.1, -0.05) is 42.5 Å². The number of anilines is 1. The molecule has 0 aromatic heterocycles. The van der Waals surface area contributed by atoms with Gasteiger partial charge in [0, 0.05) is 45.0 Å². The molecule has 3 rings (SSSR count). The Morgan fingerprint density at radius 2 is 1.61 bits per heavy atom. The lowest BCUT2D eigenvalue weighted by molar-refractivity contribution is -0.118. The highest BCUT2D eigenvalue weighted by Crippen LogP contribution is 2.11. The van der Waals surface area contributed by atoms with E-state index in [1.165, 1.54) is 17.3 Å². The molecule has 33 heavy (non-hydrogen) atoms. The molecule has 0 radical (unpaired) electrons. The molecule has 1 heterocycles. The third kappa shape index (κ3) is 9.98. The minimum absolute atomic E-state index is 0.00196. The number of amides is 2. The smallest absolute Gasteiger partial charge is 0.234 e. The lowest BCUT2D eigenvalue weighted by Gasteiger charge is -2.34. The molecule has 1 aliphatic heterocycles. The summed E-state index contributed by atoms with van der Waals surface area (Å²) in [6.45, 7) is 9.25. The molecule has 0 bridgehead atoms. The zero-order valence-electron chi connectivity index (χ0n) is 19.6. The second-order valence-electron chi connectivity index (χ2n) is 8.57. The normalized spacial score (nSPS) is 14.7. The van der Waals surface area contributed by atoms with E-state index in [1.807, 2.05) is 31.2 Å². The number of unbranched alkanes of at least 4 members (excludes halogenated alkanes) is 1. The lowest BCUT2D eigenvalue weighted by Crippen LogP contribution is -2.46. The van der Waals surface area contributed by atoms with Crippen LogP contribution in [0.1, 0.15) is 24.0 Å². The van der Waals surface area contributed by atoms with Gasteiger partial charge in [0.1, 0.15) is 0 Å². The Labute approximate surface area is 202 Å². The van der Waals surface area contributed by atoms with E-state index in [0.29, 0.717) is 12.3 Å². The van der Waals surface area contributed by atoms with Gasteiger partial charge in [0.15, 0.2) is 0 Å². The minimum Gasteiger partial charge on any atom is -0.355 e. The maximum atomic E-state index is 12.0. The Morgan fingerprint density at radius 1 is 0.879 bits per heavy atom. The van der Waals surface area contributed by atoms with Gasteiger partial charge >= 0.3 is 0 Å². The number of nitrogens with one attached hydrogen (secondary N) is 2. The molecule has 2 N–H and O–H groups in total. The molecule has 0 atom stereocenters. The van der Waals surface area contributed by atoms with E-state index in [1.54, 1.807) is 0 Å². The van der Waals surface area contributed by atoms with Crippen molar-refractivity contribution in [1.29, 1.82) is 0 Å². The van der Waals surface area contributed by atoms with Crippen molar-refractivity contribution in [2.24, 2.45) is 0 Å². The van der Waals surface area contributed by atoms with Crippen LogP contribution in [0.15, 0.2) is 54.6 Å². The monoisotopic (exact) mass is 468 g/mol. The first-order valence-corrected chi connectivity index (χ1v) is 12.9. The highest BCUT2D eigenvalue weighted by atomic mass is 32.2. The Kier molecular flexibility index (Phi) is 10.7. The topological polar surface area (TPSA) is 64.7 Å². The average Bonchev–Trinajstić information content (AvgIpc) is 2.80. The lowest BCUT2D eigenvalue weighted by atomic mass is 10.2. The Hall–Kier alpha value is -2.35. The molecule has 2 aromatic carbocycles. The summed E-state index contributed by atoms with van der Waals surface area (Å²) in [5.74, 6) is 0.502. The summed E-state index contributed by atoms with van der Waals surface area (Å²) >= 11 is 1.34. The van der Waals surface area contributed by atoms with Crippen LogP contribution in [0, 0.1) is 6.92 Å². The van der Waals surface area contributed by atoms with Crippen molar-refractivity contribution in [3.63, 3.8) is 0 Å². The van der Waals surface area contributed by atoms with Crippen LogP contribution in [0.25, 0.3) is 0 Å². The van der Waals surface area contributed by atoms with Crippen molar-refractivity contribution < 1.29 is 9.59 Å². The fourth-order valence-electron chi connectivity index (χ4n) is 3.91. The van der Waals surface area contributed by atoms with Crippen LogP contribution in [-0.2, 0) is 16.1 Å². The van der Waals surface area contributed by atoms with Crippen LogP contribution in [-0.4, -0.2) is 72.4 Å². The molecule has 178 valence electrons. The standard InChI is InChI=1S/C26H36N4O2S/c1-22-8-7-11-24(18-22)28-26(32)21-33-20-25(31)27-12-5-6-13-29-14-16-30(17-15-29)19-23-9-3-2-4-10-23/h2-4,7-11,18H,5-6,12-17,19-21H2,1H3,(H,27,31)(H,28,32). The zero-order valence-corrected chi connectivity index (χ0v) is 20.4. The molecule has 0 unspecified atom stereocenters. The number of hydrogen-bond donors (Lipinski definition) is 2. The van der Waals surface area contributed by atoms with E-state index in [-0.39, 0.29) is 17.6 Å². The molecule has 7 heteroatoms. The first-order chi connectivity index (χ1) is 16.1. The molecule has 0 saturated carbocycles. The maximum Gasteiger partial charge on any atom is 0.234 e. The van der Waals surface area contributed by atoms with Gasteiger partial charge in [0.05, 0.1) is 11.5 Å². The Morgan fingerprint density at radius 3 is 2.36 bits per heavy atom. The van der Waals surface area contributed by atoms with Gasteiger partial charge in [-0.3, -0.25) is 14.5 Å². The number of carbonyl (C=O) groups is 2. The molecular weight excluding hydrogens is 432 g/mol. The Balaban J connectivity index is 1.17. The van der Waals surface area contributed by atoms with Crippen LogP contribution in [0.2, 0.25) is 0 Å². The predicted octanol–water partition coefficient (Wildman–Crippen LogP) is 3.38. The Bertz CT molecular complexity index is 870. The molecule has 1 saturated heterocycles. The van der Waals surface area contributed by atoms with Gasteiger partial charge in [-0.25, -0.2) is 0 Å². The number of nitrogens with zero attached hydrogens (tertiary/aromatic N) is 2. The van der Waals surface area contributed by atoms with Gasteiger partial charge in [-0.05, 0) is 49.6 Å². The summed E-state index contributed by atoms with van der Waals surface area (Å²) in [5.41, 5.74) is 3.28. The molecule has 6 nitrogen and oxygen atoms in total. The molecule has 0 spiro atoms. The number of thioether (sulfide) groups is 1. The fourth-order valence-corrected chi connectivity index (χ4v) is 4.56. The van der Waals surface area contributed by atoms with Crippen LogP contribution in [0.3, 0.4) is 0 Å². The molecule has 1 aliphatic rings. The number of rotatable bonds is 12. The quantitative estimate of drug-likeness (QED) is 0.468. The minimum atomic E-state index is -0.0812. The second kappa shape index (κ2) is 14.0. The average molecular weight is 469 g/mol. The van der Waals surface area contributed by atoms with Crippen LogP contribution in [0.4, 0.5) is 5.69 Å². The van der Waals surface area contributed by atoms with Crippen molar-refractivity contribution in [3.05, 3.63) is 65.7 Å². The zero-order chi connectivity index (χ0) is 23.3. The molecular formula is C26H36N4O2S. The summed E-state index contributed by atoms with van der Waals surface area (Å²) in [7, 11) is 0. The van der Waals surface area contributed by atoms with Crippen molar-refractivity contribution in [3.8, 4) is 0 Å². The van der Waals surface area contributed by atoms with Crippen molar-refractivity contribution in [2.75, 3.05) is 56.1 Å². The van der Waals surface area contributed by atoms with E-state index in [9.17, 15) is 9.59 Å². The van der Waals surface area contributed by atoms with Crippen LogP contribution >= 0.6 is 11.8 Å². The number of benzene rings is 2. The van der Waals surface area contributed by atoms with Crippen molar-refractivity contribution in [2.45, 2.75) is 26.3 Å². The van der Waals surface area contributed by atoms with Crippen LogP contribution in [0.5, 0.6) is 0 Å². The summed E-state index contributed by atoms with van der Waals surface area (Å²) in [6, 6.07) is 18.4. The first-order valence-electron chi connectivity index (χ1n) is 11.8. The van der Waals surface area contributed by atoms with Gasteiger partial charge < -0.3 is 15.5 Å². The van der Waals surface area contributed by atoms with E-state index in [0.717, 1.165) is 63.4 Å². The third-order valence-electron chi connectivity index (χ3n) is 5.71. The molecule has 2 aromatic rings.